The molecular weight excluding hydrogens is 356 g/mol. The van der Waals surface area contributed by atoms with Gasteiger partial charge in [-0.05, 0) is 37.0 Å². The maximum atomic E-state index is 11.7. The molecule has 5 heteroatoms. The molecule has 0 aliphatic carbocycles. The zero-order valence-electron chi connectivity index (χ0n) is 19.2. The van der Waals surface area contributed by atoms with Gasteiger partial charge in [-0.25, -0.2) is 0 Å². The molecule has 0 bridgehead atoms. The third-order valence-corrected chi connectivity index (χ3v) is 4.39. The van der Waals surface area contributed by atoms with E-state index in [-0.39, 0.29) is 5.97 Å². The monoisotopic (exact) mass is 402 g/mol. The summed E-state index contributed by atoms with van der Waals surface area (Å²) in [6.07, 6.45) is 8.10. The van der Waals surface area contributed by atoms with Crippen LogP contribution >= 0.6 is 0 Å². The standard InChI is InChI=1S/C23H46O5/c1-6-7-8-9-13-25-16-18-27-19-17-26-14-10-11-22(24)28-15-12-21(2)20-23(3,4)5/h21H,6-20H2,1-5H3. The number of unbranched alkanes of at least 4 members (excludes halogenated alkanes) is 3. The lowest BCUT2D eigenvalue weighted by molar-refractivity contribution is -0.144. The summed E-state index contributed by atoms with van der Waals surface area (Å²) in [6.45, 7) is 15.4. The number of hydrogen-bond donors (Lipinski definition) is 0. The van der Waals surface area contributed by atoms with Crippen LogP contribution in [0.3, 0.4) is 0 Å². The maximum Gasteiger partial charge on any atom is 0.305 e. The smallest absolute Gasteiger partial charge is 0.305 e. The molecule has 0 N–H and O–H groups in total. The number of rotatable bonds is 19. The van der Waals surface area contributed by atoms with Crippen molar-refractivity contribution in [3.8, 4) is 0 Å². The summed E-state index contributed by atoms with van der Waals surface area (Å²) in [5, 5.41) is 0. The van der Waals surface area contributed by atoms with E-state index in [1.807, 2.05) is 0 Å². The molecule has 0 aliphatic rings. The molecule has 5 nitrogen and oxygen atoms in total. The van der Waals surface area contributed by atoms with E-state index in [2.05, 4.69) is 34.6 Å². The molecule has 1 atom stereocenters. The van der Waals surface area contributed by atoms with Crippen LogP contribution in [0, 0.1) is 11.3 Å². The maximum absolute atomic E-state index is 11.7. The zero-order valence-corrected chi connectivity index (χ0v) is 19.2. The number of hydrogen-bond acceptors (Lipinski definition) is 5. The highest BCUT2D eigenvalue weighted by Crippen LogP contribution is 2.25. The van der Waals surface area contributed by atoms with Gasteiger partial charge in [0.1, 0.15) is 0 Å². The van der Waals surface area contributed by atoms with Gasteiger partial charge in [-0.3, -0.25) is 4.79 Å². The Morgan fingerprint density at radius 3 is 1.93 bits per heavy atom. The van der Waals surface area contributed by atoms with Crippen LogP contribution in [0.1, 0.15) is 86.0 Å². The number of esters is 1. The molecule has 0 spiro atoms. The summed E-state index contributed by atoms with van der Waals surface area (Å²) in [4.78, 5) is 11.7. The van der Waals surface area contributed by atoms with Gasteiger partial charge in [0.15, 0.2) is 0 Å². The van der Waals surface area contributed by atoms with Crippen molar-refractivity contribution in [3.05, 3.63) is 0 Å². The SMILES string of the molecule is CCCCCCOCCOCCOCCCC(=O)OCCC(C)CC(C)(C)C. The van der Waals surface area contributed by atoms with Gasteiger partial charge in [0, 0.05) is 19.6 Å². The third kappa shape index (κ3) is 21.6. The van der Waals surface area contributed by atoms with Gasteiger partial charge in [0.2, 0.25) is 0 Å². The molecule has 0 aromatic heterocycles. The number of ether oxygens (including phenoxy) is 4. The van der Waals surface area contributed by atoms with Crippen molar-refractivity contribution in [1.29, 1.82) is 0 Å². The Morgan fingerprint density at radius 2 is 1.36 bits per heavy atom. The Hall–Kier alpha value is -0.650. The highest BCUT2D eigenvalue weighted by molar-refractivity contribution is 5.69. The molecule has 0 aromatic rings. The van der Waals surface area contributed by atoms with Crippen LogP contribution in [0.15, 0.2) is 0 Å². The summed E-state index contributed by atoms with van der Waals surface area (Å²) in [5.74, 6) is 0.446. The van der Waals surface area contributed by atoms with Gasteiger partial charge in [0.25, 0.3) is 0 Å². The Labute approximate surface area is 173 Å². The fourth-order valence-electron chi connectivity index (χ4n) is 3.08. The van der Waals surface area contributed by atoms with Crippen molar-refractivity contribution in [1.82, 2.24) is 0 Å². The van der Waals surface area contributed by atoms with Gasteiger partial charge >= 0.3 is 5.97 Å². The van der Waals surface area contributed by atoms with Crippen LogP contribution in [0.5, 0.6) is 0 Å². The first-order valence-corrected chi connectivity index (χ1v) is 11.2. The lowest BCUT2D eigenvalue weighted by Gasteiger charge is -2.22. The van der Waals surface area contributed by atoms with Gasteiger partial charge < -0.3 is 18.9 Å². The molecule has 0 rings (SSSR count). The lowest BCUT2D eigenvalue weighted by atomic mass is 9.84. The average Bonchev–Trinajstić information content (AvgIpc) is 2.60. The minimum atomic E-state index is -0.126. The first kappa shape index (κ1) is 27.4. The first-order chi connectivity index (χ1) is 13.3. The van der Waals surface area contributed by atoms with Crippen LogP contribution in [-0.2, 0) is 23.7 Å². The van der Waals surface area contributed by atoms with Crippen molar-refractivity contribution < 1.29 is 23.7 Å². The van der Waals surface area contributed by atoms with Crippen molar-refractivity contribution >= 4 is 5.97 Å². The second-order valence-corrected chi connectivity index (χ2v) is 8.88. The highest BCUT2D eigenvalue weighted by Gasteiger charge is 2.15. The van der Waals surface area contributed by atoms with Crippen molar-refractivity contribution in [3.63, 3.8) is 0 Å². The quantitative estimate of drug-likeness (QED) is 0.214. The van der Waals surface area contributed by atoms with Crippen LogP contribution in [-0.4, -0.2) is 52.2 Å². The van der Waals surface area contributed by atoms with E-state index in [1.54, 1.807) is 0 Å². The Kier molecular flexibility index (Phi) is 18.0. The summed E-state index contributed by atoms with van der Waals surface area (Å²) >= 11 is 0. The van der Waals surface area contributed by atoms with Gasteiger partial charge in [-0.15, -0.1) is 0 Å². The molecular formula is C23H46O5. The highest BCUT2D eigenvalue weighted by atomic mass is 16.5. The third-order valence-electron chi connectivity index (χ3n) is 4.39. The molecule has 28 heavy (non-hydrogen) atoms. The molecule has 168 valence electrons. The average molecular weight is 403 g/mol. The van der Waals surface area contributed by atoms with Crippen LogP contribution in [0.25, 0.3) is 0 Å². The lowest BCUT2D eigenvalue weighted by Crippen LogP contribution is -2.14. The van der Waals surface area contributed by atoms with E-state index < -0.39 is 0 Å². The van der Waals surface area contributed by atoms with E-state index in [4.69, 9.17) is 18.9 Å². The van der Waals surface area contributed by atoms with Crippen molar-refractivity contribution in [2.24, 2.45) is 11.3 Å². The number of carbonyl (C=O) groups is 1. The zero-order chi connectivity index (χ0) is 21.1. The van der Waals surface area contributed by atoms with E-state index in [0.29, 0.717) is 63.8 Å². The van der Waals surface area contributed by atoms with Crippen molar-refractivity contribution in [2.45, 2.75) is 86.0 Å². The van der Waals surface area contributed by atoms with E-state index in [9.17, 15) is 4.79 Å². The Morgan fingerprint density at radius 1 is 0.786 bits per heavy atom. The van der Waals surface area contributed by atoms with Crippen LogP contribution in [0.4, 0.5) is 0 Å². The van der Waals surface area contributed by atoms with Gasteiger partial charge in [-0.2, -0.15) is 0 Å². The first-order valence-electron chi connectivity index (χ1n) is 11.2. The van der Waals surface area contributed by atoms with E-state index in [0.717, 1.165) is 25.9 Å². The molecule has 0 amide bonds. The predicted molar refractivity (Wildman–Crippen MR) is 115 cm³/mol. The summed E-state index contributed by atoms with van der Waals surface area (Å²) in [5.41, 5.74) is 0.325. The molecule has 1 unspecified atom stereocenters. The predicted octanol–water partition coefficient (Wildman–Crippen LogP) is 5.40. The summed E-state index contributed by atoms with van der Waals surface area (Å²) < 4.78 is 21.7. The normalized spacial score (nSPS) is 12.9. The van der Waals surface area contributed by atoms with Gasteiger partial charge in [-0.1, -0.05) is 53.9 Å². The molecule has 0 aromatic carbocycles. The molecule has 0 saturated carbocycles. The number of carbonyl (C=O) groups excluding carboxylic acids is 1. The fraction of sp³-hybridized carbons (Fsp3) is 0.957. The Bertz CT molecular complexity index is 351. The minimum absolute atomic E-state index is 0.126. The summed E-state index contributed by atoms with van der Waals surface area (Å²) in [7, 11) is 0. The molecule has 0 fully saturated rings. The van der Waals surface area contributed by atoms with Crippen molar-refractivity contribution in [2.75, 3.05) is 46.2 Å². The fourth-order valence-corrected chi connectivity index (χ4v) is 3.08. The van der Waals surface area contributed by atoms with Crippen LogP contribution < -0.4 is 0 Å². The van der Waals surface area contributed by atoms with E-state index >= 15 is 0 Å². The molecule has 0 saturated heterocycles. The second-order valence-electron chi connectivity index (χ2n) is 8.88. The second kappa shape index (κ2) is 18.4. The van der Waals surface area contributed by atoms with Gasteiger partial charge in [0.05, 0.1) is 33.0 Å². The molecule has 0 heterocycles. The summed E-state index contributed by atoms with van der Waals surface area (Å²) in [6, 6.07) is 0. The van der Waals surface area contributed by atoms with Crippen LogP contribution in [0.2, 0.25) is 0 Å². The molecule has 0 aliphatic heterocycles. The van der Waals surface area contributed by atoms with E-state index in [1.165, 1.54) is 19.3 Å². The Balaban J connectivity index is 3.28. The molecule has 0 radical (unpaired) electrons. The minimum Gasteiger partial charge on any atom is -0.466 e. The largest absolute Gasteiger partial charge is 0.466 e. The topological polar surface area (TPSA) is 54.0 Å².